The van der Waals surface area contributed by atoms with Gasteiger partial charge in [0.15, 0.2) is 5.82 Å². The number of hydrogen-bond acceptors (Lipinski definition) is 5. The highest BCUT2D eigenvalue weighted by Gasteiger charge is 2.42. The standard InChI is InChI=1S/C20H22N6O2/c1-24-10-9-15(23-24)20(27)25-11-13-7-8-18-21-22-19(26(18)16(13)12-25)14-5-3-4-6-17(14)28-2/h3-6,9-10,13,16H,7-8,11-12H2,1-2H3/t13-,16+/m1/s1. The number of likely N-dealkylation sites (tertiary alicyclic amines) is 1. The fraction of sp³-hybridized carbons (Fsp3) is 0.400. The second-order valence-electron chi connectivity index (χ2n) is 7.46. The molecule has 1 aromatic carbocycles. The Balaban J connectivity index is 1.49. The van der Waals surface area contributed by atoms with E-state index in [0.717, 1.165) is 42.3 Å². The summed E-state index contributed by atoms with van der Waals surface area (Å²) < 4.78 is 9.42. The summed E-state index contributed by atoms with van der Waals surface area (Å²) in [6, 6.07) is 9.81. The maximum absolute atomic E-state index is 12.9. The molecule has 0 radical (unpaired) electrons. The average molecular weight is 378 g/mol. The van der Waals surface area contributed by atoms with Crippen LogP contribution in [0.15, 0.2) is 36.5 Å². The molecule has 2 aliphatic rings. The van der Waals surface area contributed by atoms with Gasteiger partial charge in [0.25, 0.3) is 5.91 Å². The van der Waals surface area contributed by atoms with Crippen LogP contribution in [0.25, 0.3) is 11.4 Å². The van der Waals surface area contributed by atoms with Gasteiger partial charge in [0.2, 0.25) is 0 Å². The Morgan fingerprint density at radius 2 is 2.04 bits per heavy atom. The number of ether oxygens (including phenoxy) is 1. The minimum atomic E-state index is -0.0107. The van der Waals surface area contributed by atoms with Crippen LogP contribution in [0.2, 0.25) is 0 Å². The molecule has 1 fully saturated rings. The van der Waals surface area contributed by atoms with Crippen molar-refractivity contribution in [2.75, 3.05) is 20.2 Å². The van der Waals surface area contributed by atoms with E-state index in [0.29, 0.717) is 18.2 Å². The number of amides is 1. The van der Waals surface area contributed by atoms with Crippen LogP contribution in [0.1, 0.15) is 28.8 Å². The van der Waals surface area contributed by atoms with E-state index >= 15 is 0 Å². The van der Waals surface area contributed by atoms with Gasteiger partial charge < -0.3 is 14.2 Å². The predicted molar refractivity (Wildman–Crippen MR) is 102 cm³/mol. The van der Waals surface area contributed by atoms with Gasteiger partial charge in [-0.05, 0) is 30.5 Å². The summed E-state index contributed by atoms with van der Waals surface area (Å²) in [5.41, 5.74) is 1.42. The Labute approximate surface area is 162 Å². The van der Waals surface area contributed by atoms with Crippen molar-refractivity contribution in [2.24, 2.45) is 13.0 Å². The van der Waals surface area contributed by atoms with E-state index in [9.17, 15) is 4.79 Å². The molecule has 0 N–H and O–H groups in total. The van der Waals surface area contributed by atoms with Crippen molar-refractivity contribution in [3.8, 4) is 17.1 Å². The van der Waals surface area contributed by atoms with Gasteiger partial charge in [-0.3, -0.25) is 9.48 Å². The van der Waals surface area contributed by atoms with Gasteiger partial charge in [-0.2, -0.15) is 5.10 Å². The molecule has 0 spiro atoms. The molecule has 1 saturated heterocycles. The van der Waals surface area contributed by atoms with Gasteiger partial charge in [0.1, 0.15) is 17.3 Å². The third-order valence-corrected chi connectivity index (χ3v) is 5.81. The number of aryl methyl sites for hydroxylation is 2. The molecule has 2 atom stereocenters. The zero-order valence-corrected chi connectivity index (χ0v) is 15.9. The van der Waals surface area contributed by atoms with Gasteiger partial charge in [-0.1, -0.05) is 12.1 Å². The van der Waals surface area contributed by atoms with Crippen LogP contribution in [0, 0.1) is 5.92 Å². The van der Waals surface area contributed by atoms with Crippen LogP contribution in [-0.2, 0) is 13.5 Å². The molecule has 2 aromatic heterocycles. The number of nitrogens with zero attached hydrogens (tertiary/aromatic N) is 6. The van der Waals surface area contributed by atoms with Crippen molar-refractivity contribution in [2.45, 2.75) is 18.9 Å². The number of benzene rings is 1. The summed E-state index contributed by atoms with van der Waals surface area (Å²) in [6.45, 7) is 1.39. The minimum absolute atomic E-state index is 0.0107. The van der Waals surface area contributed by atoms with Gasteiger partial charge in [0, 0.05) is 32.8 Å². The molecule has 4 heterocycles. The molecular weight excluding hydrogens is 356 g/mol. The first-order valence-electron chi connectivity index (χ1n) is 9.52. The number of rotatable bonds is 3. The second-order valence-corrected chi connectivity index (χ2v) is 7.46. The van der Waals surface area contributed by atoms with Gasteiger partial charge in [-0.15, -0.1) is 10.2 Å². The Morgan fingerprint density at radius 1 is 1.18 bits per heavy atom. The van der Waals surface area contributed by atoms with Gasteiger partial charge in [-0.25, -0.2) is 0 Å². The predicted octanol–water partition coefficient (Wildman–Crippen LogP) is 1.95. The van der Waals surface area contributed by atoms with E-state index in [4.69, 9.17) is 4.74 Å². The summed E-state index contributed by atoms with van der Waals surface area (Å²) in [6.07, 6.45) is 3.68. The second kappa shape index (κ2) is 6.47. The lowest BCUT2D eigenvalue weighted by Gasteiger charge is -2.27. The van der Waals surface area contributed by atoms with Crippen LogP contribution in [0.3, 0.4) is 0 Å². The summed E-state index contributed by atoms with van der Waals surface area (Å²) in [5, 5.41) is 13.2. The maximum Gasteiger partial charge on any atom is 0.274 e. The normalized spacial score (nSPS) is 20.7. The smallest absolute Gasteiger partial charge is 0.274 e. The van der Waals surface area contributed by atoms with Gasteiger partial charge in [0.05, 0.1) is 18.7 Å². The Bertz CT molecular complexity index is 1040. The molecular formula is C20H22N6O2. The molecule has 144 valence electrons. The van der Waals surface area contributed by atoms with E-state index in [-0.39, 0.29) is 11.9 Å². The first-order chi connectivity index (χ1) is 13.7. The average Bonchev–Trinajstić information content (AvgIpc) is 3.44. The summed E-state index contributed by atoms with van der Waals surface area (Å²) in [7, 11) is 3.49. The van der Waals surface area contributed by atoms with Crippen molar-refractivity contribution >= 4 is 5.91 Å². The minimum Gasteiger partial charge on any atom is -0.496 e. The molecule has 0 aliphatic carbocycles. The lowest BCUT2D eigenvalue weighted by Crippen LogP contribution is -2.29. The topological polar surface area (TPSA) is 78.1 Å². The SMILES string of the molecule is COc1ccccc1-c1nnc2n1[C@H]1CN(C(=O)c3ccn(C)n3)C[C@H]1CC2. The van der Waals surface area contributed by atoms with E-state index in [1.807, 2.05) is 36.2 Å². The molecule has 5 rings (SSSR count). The van der Waals surface area contributed by atoms with E-state index in [1.165, 1.54) is 0 Å². The van der Waals surface area contributed by atoms with Crippen LogP contribution in [0.4, 0.5) is 0 Å². The largest absolute Gasteiger partial charge is 0.496 e. The van der Waals surface area contributed by atoms with E-state index in [1.54, 1.807) is 24.1 Å². The molecule has 2 aliphatic heterocycles. The number of fused-ring (bicyclic) bond motifs is 3. The first-order valence-corrected chi connectivity index (χ1v) is 9.52. The van der Waals surface area contributed by atoms with E-state index < -0.39 is 0 Å². The molecule has 8 heteroatoms. The zero-order valence-electron chi connectivity index (χ0n) is 15.9. The molecule has 8 nitrogen and oxygen atoms in total. The molecule has 1 amide bonds. The summed E-state index contributed by atoms with van der Waals surface area (Å²) >= 11 is 0. The van der Waals surface area contributed by atoms with Crippen LogP contribution >= 0.6 is 0 Å². The summed E-state index contributed by atoms with van der Waals surface area (Å²) in [5.74, 6) is 2.95. The number of para-hydroxylation sites is 1. The molecule has 0 bridgehead atoms. The number of aromatic nitrogens is 5. The lowest BCUT2D eigenvalue weighted by molar-refractivity contribution is 0.0777. The Hall–Kier alpha value is -3.16. The third-order valence-electron chi connectivity index (χ3n) is 5.81. The maximum atomic E-state index is 12.9. The summed E-state index contributed by atoms with van der Waals surface area (Å²) in [4.78, 5) is 14.8. The number of hydrogen-bond donors (Lipinski definition) is 0. The zero-order chi connectivity index (χ0) is 19.3. The van der Waals surface area contributed by atoms with Crippen molar-refractivity contribution < 1.29 is 9.53 Å². The number of methoxy groups -OCH3 is 1. The van der Waals surface area contributed by atoms with E-state index in [2.05, 4.69) is 19.9 Å². The number of carbonyl (C=O) groups excluding carboxylic acids is 1. The Morgan fingerprint density at radius 3 is 2.82 bits per heavy atom. The monoisotopic (exact) mass is 378 g/mol. The Kier molecular flexibility index (Phi) is 3.92. The molecule has 0 unspecified atom stereocenters. The molecule has 3 aromatic rings. The van der Waals surface area contributed by atoms with Crippen LogP contribution < -0.4 is 4.74 Å². The fourth-order valence-electron chi connectivity index (χ4n) is 4.46. The first kappa shape index (κ1) is 17.0. The number of carbonyl (C=O) groups is 1. The van der Waals surface area contributed by atoms with Crippen molar-refractivity contribution in [1.29, 1.82) is 0 Å². The lowest BCUT2D eigenvalue weighted by atomic mass is 9.93. The van der Waals surface area contributed by atoms with Crippen molar-refractivity contribution in [3.63, 3.8) is 0 Å². The van der Waals surface area contributed by atoms with Crippen molar-refractivity contribution in [1.82, 2.24) is 29.4 Å². The van der Waals surface area contributed by atoms with Crippen LogP contribution in [0.5, 0.6) is 5.75 Å². The highest BCUT2D eigenvalue weighted by Crippen LogP contribution is 2.40. The molecule has 0 saturated carbocycles. The highest BCUT2D eigenvalue weighted by molar-refractivity contribution is 5.92. The van der Waals surface area contributed by atoms with Crippen LogP contribution in [-0.4, -0.2) is 55.6 Å². The molecule has 28 heavy (non-hydrogen) atoms. The quantitative estimate of drug-likeness (QED) is 0.696. The fourth-order valence-corrected chi connectivity index (χ4v) is 4.46. The highest BCUT2D eigenvalue weighted by atomic mass is 16.5. The van der Waals surface area contributed by atoms with Gasteiger partial charge >= 0.3 is 0 Å². The van der Waals surface area contributed by atoms with Crippen molar-refractivity contribution in [3.05, 3.63) is 48.0 Å². The third kappa shape index (κ3) is 2.59.